The molecule has 1 aromatic carbocycles. The fourth-order valence-electron chi connectivity index (χ4n) is 1.43. The van der Waals surface area contributed by atoms with E-state index in [1.807, 2.05) is 6.07 Å². The van der Waals surface area contributed by atoms with Gasteiger partial charge in [0.1, 0.15) is 17.2 Å². The van der Waals surface area contributed by atoms with Crippen LogP contribution in [0.1, 0.15) is 12.2 Å². The van der Waals surface area contributed by atoms with Gasteiger partial charge in [-0.15, -0.1) is 11.6 Å². The van der Waals surface area contributed by atoms with Crippen LogP contribution in [-0.4, -0.2) is 5.88 Å². The first kappa shape index (κ1) is 9.53. The van der Waals surface area contributed by atoms with Crippen molar-refractivity contribution in [1.29, 1.82) is 0 Å². The topological polar surface area (TPSA) is 13.1 Å². The van der Waals surface area contributed by atoms with Crippen molar-refractivity contribution >= 4 is 22.6 Å². The van der Waals surface area contributed by atoms with Crippen LogP contribution in [0, 0.1) is 5.82 Å². The molecule has 0 aliphatic rings. The first-order valence-electron chi connectivity index (χ1n) is 4.53. The third-order valence-electron chi connectivity index (χ3n) is 2.09. The number of fused-ring (bicyclic) bond motifs is 1. The van der Waals surface area contributed by atoms with E-state index in [-0.39, 0.29) is 5.82 Å². The van der Waals surface area contributed by atoms with E-state index >= 15 is 0 Å². The van der Waals surface area contributed by atoms with Gasteiger partial charge in [-0.05, 0) is 30.7 Å². The molecule has 2 aromatic rings. The molecule has 0 spiro atoms. The molecule has 0 saturated carbocycles. The van der Waals surface area contributed by atoms with Gasteiger partial charge in [0.25, 0.3) is 0 Å². The Balaban J connectivity index is 2.32. The van der Waals surface area contributed by atoms with Gasteiger partial charge in [0.2, 0.25) is 0 Å². The first-order valence-corrected chi connectivity index (χ1v) is 5.07. The highest BCUT2D eigenvalue weighted by Gasteiger charge is 2.03. The molecule has 0 radical (unpaired) electrons. The second-order valence-corrected chi connectivity index (χ2v) is 3.57. The summed E-state index contributed by atoms with van der Waals surface area (Å²) in [7, 11) is 0. The number of hydrogen-bond donors (Lipinski definition) is 0. The Labute approximate surface area is 86.5 Å². The summed E-state index contributed by atoms with van der Waals surface area (Å²) in [6, 6.07) is 6.39. The maximum absolute atomic E-state index is 12.8. The van der Waals surface area contributed by atoms with Gasteiger partial charge in [-0.25, -0.2) is 4.39 Å². The van der Waals surface area contributed by atoms with Crippen LogP contribution in [0.2, 0.25) is 0 Å². The van der Waals surface area contributed by atoms with Crippen LogP contribution in [0.15, 0.2) is 28.7 Å². The smallest absolute Gasteiger partial charge is 0.134 e. The highest BCUT2D eigenvalue weighted by Crippen LogP contribution is 2.21. The molecule has 1 aromatic heterocycles. The molecular formula is C11H10ClFO. The molecule has 0 amide bonds. The number of furan rings is 1. The molecule has 74 valence electrons. The summed E-state index contributed by atoms with van der Waals surface area (Å²) < 4.78 is 18.3. The third kappa shape index (κ3) is 1.90. The molecule has 2 rings (SSSR count). The minimum absolute atomic E-state index is 0.234. The maximum Gasteiger partial charge on any atom is 0.134 e. The van der Waals surface area contributed by atoms with E-state index in [1.54, 1.807) is 6.07 Å². The molecule has 0 bridgehead atoms. The quantitative estimate of drug-likeness (QED) is 0.707. The molecule has 0 aliphatic heterocycles. The maximum atomic E-state index is 12.8. The number of benzene rings is 1. The Morgan fingerprint density at radius 1 is 1.29 bits per heavy atom. The van der Waals surface area contributed by atoms with Crippen LogP contribution < -0.4 is 0 Å². The summed E-state index contributed by atoms with van der Waals surface area (Å²) >= 11 is 5.57. The number of halogens is 2. The van der Waals surface area contributed by atoms with E-state index < -0.39 is 0 Å². The largest absolute Gasteiger partial charge is 0.461 e. The lowest BCUT2D eigenvalue weighted by atomic mass is 10.2. The lowest BCUT2D eigenvalue weighted by molar-refractivity contribution is 0.544. The van der Waals surface area contributed by atoms with Gasteiger partial charge in [0.15, 0.2) is 0 Å². The lowest BCUT2D eigenvalue weighted by Crippen LogP contribution is -1.81. The van der Waals surface area contributed by atoms with Gasteiger partial charge in [-0.3, -0.25) is 0 Å². The standard InChI is InChI=1S/C11H10ClFO/c12-5-1-2-10-7-8-6-9(13)3-4-11(8)14-10/h3-4,6-7H,1-2,5H2. The van der Waals surface area contributed by atoms with Gasteiger partial charge in [-0.2, -0.15) is 0 Å². The fraction of sp³-hybridized carbons (Fsp3) is 0.273. The summed E-state index contributed by atoms with van der Waals surface area (Å²) in [5.74, 6) is 1.25. The highest BCUT2D eigenvalue weighted by molar-refractivity contribution is 6.17. The van der Waals surface area contributed by atoms with Crippen molar-refractivity contribution in [3.63, 3.8) is 0 Å². The van der Waals surface area contributed by atoms with Gasteiger partial charge >= 0.3 is 0 Å². The first-order chi connectivity index (χ1) is 6.79. The molecule has 14 heavy (non-hydrogen) atoms. The molecule has 1 heterocycles. The molecule has 1 nitrogen and oxygen atoms in total. The van der Waals surface area contributed by atoms with Crippen molar-refractivity contribution in [3.8, 4) is 0 Å². The molecule has 0 N–H and O–H groups in total. The van der Waals surface area contributed by atoms with Crippen LogP contribution in [0.4, 0.5) is 4.39 Å². The van der Waals surface area contributed by atoms with Crippen molar-refractivity contribution < 1.29 is 8.81 Å². The molecule has 0 atom stereocenters. The predicted molar refractivity (Wildman–Crippen MR) is 55.2 cm³/mol. The van der Waals surface area contributed by atoms with Crippen LogP contribution >= 0.6 is 11.6 Å². The minimum Gasteiger partial charge on any atom is -0.461 e. The molecular weight excluding hydrogens is 203 g/mol. The fourth-order valence-corrected chi connectivity index (χ4v) is 1.57. The van der Waals surface area contributed by atoms with Crippen LogP contribution in [0.5, 0.6) is 0 Å². The van der Waals surface area contributed by atoms with Gasteiger partial charge in [0, 0.05) is 17.7 Å². The highest BCUT2D eigenvalue weighted by atomic mass is 35.5. The van der Waals surface area contributed by atoms with Crippen molar-refractivity contribution in [1.82, 2.24) is 0 Å². The summed E-state index contributed by atoms with van der Waals surface area (Å²) in [6.07, 6.45) is 1.68. The van der Waals surface area contributed by atoms with Gasteiger partial charge < -0.3 is 4.42 Å². The molecule has 3 heteroatoms. The van der Waals surface area contributed by atoms with Crippen LogP contribution in [0.3, 0.4) is 0 Å². The van der Waals surface area contributed by atoms with Crippen molar-refractivity contribution in [3.05, 3.63) is 35.8 Å². The van der Waals surface area contributed by atoms with Crippen LogP contribution in [-0.2, 0) is 6.42 Å². The summed E-state index contributed by atoms with van der Waals surface area (Å²) in [6.45, 7) is 0. The van der Waals surface area contributed by atoms with Crippen molar-refractivity contribution in [2.24, 2.45) is 0 Å². The predicted octanol–water partition coefficient (Wildman–Crippen LogP) is 3.74. The number of aryl methyl sites for hydroxylation is 1. The van der Waals surface area contributed by atoms with E-state index in [0.717, 1.165) is 29.6 Å². The molecule has 0 aliphatic carbocycles. The average Bonchev–Trinajstić information content (AvgIpc) is 2.56. The van der Waals surface area contributed by atoms with Crippen molar-refractivity contribution in [2.75, 3.05) is 5.88 Å². The third-order valence-corrected chi connectivity index (χ3v) is 2.35. The van der Waals surface area contributed by atoms with E-state index in [2.05, 4.69) is 0 Å². The molecule has 0 unspecified atom stereocenters. The lowest BCUT2D eigenvalue weighted by Gasteiger charge is -1.90. The number of alkyl halides is 1. The Hall–Kier alpha value is -1.02. The SMILES string of the molecule is Fc1ccc2oc(CCCCl)cc2c1. The second kappa shape index (κ2) is 4.01. The summed E-state index contributed by atoms with van der Waals surface area (Å²) in [5, 5.41) is 0.814. The summed E-state index contributed by atoms with van der Waals surface area (Å²) in [5.41, 5.74) is 0.732. The zero-order valence-corrected chi connectivity index (χ0v) is 8.35. The minimum atomic E-state index is -0.234. The van der Waals surface area contributed by atoms with E-state index in [1.165, 1.54) is 12.1 Å². The van der Waals surface area contributed by atoms with Gasteiger partial charge in [0.05, 0.1) is 0 Å². The monoisotopic (exact) mass is 212 g/mol. The molecule has 0 saturated heterocycles. The van der Waals surface area contributed by atoms with E-state index in [0.29, 0.717) is 5.88 Å². The summed E-state index contributed by atoms with van der Waals surface area (Å²) in [4.78, 5) is 0. The molecule has 0 fully saturated rings. The Morgan fingerprint density at radius 3 is 2.93 bits per heavy atom. The van der Waals surface area contributed by atoms with E-state index in [4.69, 9.17) is 16.0 Å². The number of rotatable bonds is 3. The average molecular weight is 213 g/mol. The Bertz CT molecular complexity index is 436. The van der Waals surface area contributed by atoms with Crippen LogP contribution in [0.25, 0.3) is 11.0 Å². The zero-order valence-electron chi connectivity index (χ0n) is 7.59. The van der Waals surface area contributed by atoms with Gasteiger partial charge in [-0.1, -0.05) is 0 Å². The normalized spacial score (nSPS) is 11.0. The van der Waals surface area contributed by atoms with Crippen molar-refractivity contribution in [2.45, 2.75) is 12.8 Å². The second-order valence-electron chi connectivity index (χ2n) is 3.19. The van der Waals surface area contributed by atoms with E-state index in [9.17, 15) is 4.39 Å². The Morgan fingerprint density at radius 2 is 2.14 bits per heavy atom. The zero-order chi connectivity index (χ0) is 9.97. The number of hydrogen-bond acceptors (Lipinski definition) is 1. The Kier molecular flexibility index (Phi) is 2.73.